The highest BCUT2D eigenvalue weighted by atomic mass is 16.6. The summed E-state index contributed by atoms with van der Waals surface area (Å²) in [4.78, 5) is 38.4. The van der Waals surface area contributed by atoms with E-state index in [-0.39, 0.29) is 37.5 Å². The largest absolute Gasteiger partial charge is 0.462 e. The quantitative estimate of drug-likeness (QED) is 0.0261. The van der Waals surface area contributed by atoms with Gasteiger partial charge in [0, 0.05) is 19.3 Å². The number of carbonyl (C=O) groups excluding carboxylic acids is 3. The minimum atomic E-state index is -0.800. The second-order valence-electron chi connectivity index (χ2n) is 22.7. The summed E-state index contributed by atoms with van der Waals surface area (Å²) < 4.78 is 16.9. The summed E-state index contributed by atoms with van der Waals surface area (Å²) >= 11 is 0. The van der Waals surface area contributed by atoms with E-state index in [0.717, 1.165) is 135 Å². The topological polar surface area (TPSA) is 78.9 Å². The van der Waals surface area contributed by atoms with Gasteiger partial charge in [-0.2, -0.15) is 0 Å². The third-order valence-corrected chi connectivity index (χ3v) is 14.7. The summed E-state index contributed by atoms with van der Waals surface area (Å²) in [6, 6.07) is 0. The normalized spacial score (nSPS) is 13.0. The second kappa shape index (κ2) is 70.0. The van der Waals surface area contributed by atoms with Crippen molar-refractivity contribution in [3.63, 3.8) is 0 Å². The van der Waals surface area contributed by atoms with Crippen LogP contribution in [0.15, 0.2) is 134 Å². The van der Waals surface area contributed by atoms with Crippen LogP contribution in [-0.4, -0.2) is 37.2 Å². The molecule has 1 unspecified atom stereocenters. The molecule has 0 spiro atoms. The van der Waals surface area contributed by atoms with Crippen LogP contribution in [0.4, 0.5) is 0 Å². The van der Waals surface area contributed by atoms with Gasteiger partial charge < -0.3 is 14.2 Å². The van der Waals surface area contributed by atoms with Crippen molar-refractivity contribution >= 4 is 17.9 Å². The number of unbranched alkanes of at least 4 members (excludes halogenated alkanes) is 29. The number of rotatable bonds is 62. The van der Waals surface area contributed by atoms with Gasteiger partial charge >= 0.3 is 17.9 Å². The van der Waals surface area contributed by atoms with Crippen LogP contribution in [-0.2, 0) is 28.6 Å². The summed E-state index contributed by atoms with van der Waals surface area (Å²) in [5, 5.41) is 0. The van der Waals surface area contributed by atoms with Crippen molar-refractivity contribution < 1.29 is 28.6 Å². The summed E-state index contributed by atoms with van der Waals surface area (Å²) in [5.41, 5.74) is 0. The average molecular weight is 1150 g/mol. The Labute approximate surface area is 513 Å². The number of hydrogen-bond acceptors (Lipinski definition) is 6. The van der Waals surface area contributed by atoms with E-state index in [9.17, 15) is 14.4 Å². The molecule has 0 aliphatic carbocycles. The van der Waals surface area contributed by atoms with Crippen molar-refractivity contribution in [3.8, 4) is 0 Å². The van der Waals surface area contributed by atoms with Crippen molar-refractivity contribution in [3.05, 3.63) is 134 Å². The molecule has 0 saturated carbocycles. The van der Waals surface area contributed by atoms with Gasteiger partial charge in [0.2, 0.25) is 0 Å². The fourth-order valence-corrected chi connectivity index (χ4v) is 9.53. The first-order valence-corrected chi connectivity index (χ1v) is 34.7. The summed E-state index contributed by atoms with van der Waals surface area (Å²) in [6.07, 6.45) is 99.0. The summed E-state index contributed by atoms with van der Waals surface area (Å²) in [6.45, 7) is 6.41. The molecule has 0 aromatic rings. The average Bonchev–Trinajstić information content (AvgIpc) is 3.49. The lowest BCUT2D eigenvalue weighted by molar-refractivity contribution is -0.167. The first-order valence-electron chi connectivity index (χ1n) is 34.7. The Bertz CT molecular complexity index is 1750. The van der Waals surface area contributed by atoms with E-state index in [1.807, 2.05) is 0 Å². The molecule has 0 N–H and O–H groups in total. The number of carbonyl (C=O) groups is 3. The molecule has 0 fully saturated rings. The third-order valence-electron chi connectivity index (χ3n) is 14.7. The first kappa shape index (κ1) is 78.5. The van der Waals surface area contributed by atoms with Crippen LogP contribution in [0.25, 0.3) is 0 Å². The fourth-order valence-electron chi connectivity index (χ4n) is 9.53. The maximum atomic E-state index is 12.9. The Balaban J connectivity index is 4.33. The van der Waals surface area contributed by atoms with Crippen molar-refractivity contribution in [1.29, 1.82) is 0 Å². The van der Waals surface area contributed by atoms with Crippen molar-refractivity contribution in [2.24, 2.45) is 0 Å². The van der Waals surface area contributed by atoms with Crippen LogP contribution in [0.2, 0.25) is 0 Å². The summed E-state index contributed by atoms with van der Waals surface area (Å²) in [5.74, 6) is -0.917. The highest BCUT2D eigenvalue weighted by molar-refractivity contribution is 5.71. The van der Waals surface area contributed by atoms with Gasteiger partial charge in [-0.1, -0.05) is 315 Å². The van der Waals surface area contributed by atoms with Crippen LogP contribution >= 0.6 is 0 Å². The van der Waals surface area contributed by atoms with Crippen LogP contribution < -0.4 is 0 Å². The maximum absolute atomic E-state index is 12.9. The van der Waals surface area contributed by atoms with Gasteiger partial charge in [0.05, 0.1) is 0 Å². The molecule has 0 radical (unpaired) electrons. The third kappa shape index (κ3) is 68.2. The Morgan fingerprint density at radius 1 is 0.253 bits per heavy atom. The van der Waals surface area contributed by atoms with Crippen molar-refractivity contribution in [1.82, 2.24) is 0 Å². The molecule has 0 aliphatic heterocycles. The molecule has 0 saturated heterocycles. The molecule has 0 aromatic carbocycles. The molecule has 0 heterocycles. The second-order valence-corrected chi connectivity index (χ2v) is 22.7. The standard InChI is InChI=1S/C77H128O6/c1-4-7-10-13-16-19-22-25-28-30-32-33-34-35-36-37-38-39-40-41-42-43-45-46-49-52-55-58-61-64-67-70-76(79)82-73-74(72-81-75(78)69-66-63-60-57-54-51-48-27-24-21-18-15-12-9-6-3)83-77(80)71-68-65-62-59-56-53-50-47-44-31-29-26-23-20-17-14-11-8-5-2/h7-8,10-11,16-17,19-20,25-26,28-29,32-33,35-36,38-39,44,47,53,56,74H,4-6,9,12-15,18,21-24,27,30-31,34,37,40-43,45-46,48-52,54-55,57-73H2,1-3H3/b10-7-,11-8-,19-16-,20-17-,28-25-,29-26-,33-32-,36-35-,39-38-,47-44-,56-53-. The lowest BCUT2D eigenvalue weighted by Gasteiger charge is -2.18. The SMILES string of the molecule is CC/C=C\C/C=C\C/C=C\C/C=C\C/C=C\C/C=C\CCCCCCCCCCCCCCC(=O)OCC(COC(=O)CCCCCCCCCCCCCCCCC)OC(=O)CCCCC/C=C\C/C=C\C/C=C\C/C=C\C/C=C\CC. The van der Waals surface area contributed by atoms with E-state index < -0.39 is 6.10 Å². The Morgan fingerprint density at radius 3 is 0.747 bits per heavy atom. The highest BCUT2D eigenvalue weighted by Gasteiger charge is 2.19. The van der Waals surface area contributed by atoms with Gasteiger partial charge in [-0.3, -0.25) is 14.4 Å². The van der Waals surface area contributed by atoms with E-state index in [0.29, 0.717) is 12.8 Å². The number of ether oxygens (including phenoxy) is 3. The molecule has 6 heteroatoms. The minimum absolute atomic E-state index is 0.0915. The van der Waals surface area contributed by atoms with E-state index in [1.54, 1.807) is 0 Å². The molecular weight excluding hydrogens is 1020 g/mol. The fraction of sp³-hybridized carbons (Fsp3) is 0.675. The van der Waals surface area contributed by atoms with Gasteiger partial charge in [0.15, 0.2) is 6.10 Å². The van der Waals surface area contributed by atoms with E-state index in [2.05, 4.69) is 154 Å². The van der Waals surface area contributed by atoms with E-state index in [1.165, 1.54) is 141 Å². The summed E-state index contributed by atoms with van der Waals surface area (Å²) in [7, 11) is 0. The Morgan fingerprint density at radius 2 is 0.470 bits per heavy atom. The molecule has 0 aliphatic rings. The van der Waals surface area contributed by atoms with E-state index in [4.69, 9.17) is 14.2 Å². The van der Waals surface area contributed by atoms with Gasteiger partial charge in [-0.25, -0.2) is 0 Å². The number of hydrogen-bond donors (Lipinski definition) is 0. The van der Waals surface area contributed by atoms with Crippen LogP contribution in [0.5, 0.6) is 0 Å². The molecule has 0 aromatic heterocycles. The minimum Gasteiger partial charge on any atom is -0.462 e. The molecule has 0 amide bonds. The van der Waals surface area contributed by atoms with Crippen LogP contribution in [0, 0.1) is 0 Å². The molecule has 83 heavy (non-hydrogen) atoms. The lowest BCUT2D eigenvalue weighted by atomic mass is 10.0. The predicted molar refractivity (Wildman–Crippen MR) is 362 cm³/mol. The van der Waals surface area contributed by atoms with Gasteiger partial charge in [-0.15, -0.1) is 0 Å². The van der Waals surface area contributed by atoms with Gasteiger partial charge in [0.25, 0.3) is 0 Å². The van der Waals surface area contributed by atoms with Crippen LogP contribution in [0.3, 0.4) is 0 Å². The smallest absolute Gasteiger partial charge is 0.306 e. The molecule has 6 nitrogen and oxygen atoms in total. The van der Waals surface area contributed by atoms with Gasteiger partial charge in [-0.05, 0) is 116 Å². The molecule has 472 valence electrons. The molecule has 1 atom stereocenters. The monoisotopic (exact) mass is 1150 g/mol. The maximum Gasteiger partial charge on any atom is 0.306 e. The zero-order valence-corrected chi connectivity index (χ0v) is 54.2. The van der Waals surface area contributed by atoms with Crippen molar-refractivity contribution in [2.75, 3.05) is 13.2 Å². The first-order chi connectivity index (χ1) is 41.0. The highest BCUT2D eigenvalue weighted by Crippen LogP contribution is 2.17. The van der Waals surface area contributed by atoms with E-state index >= 15 is 0 Å². The molecule has 0 bridgehead atoms. The Hall–Kier alpha value is -4.45. The Kier molecular flexibility index (Phi) is 66.3. The molecular formula is C77H128O6. The van der Waals surface area contributed by atoms with Crippen molar-refractivity contribution in [2.45, 2.75) is 322 Å². The number of allylic oxidation sites excluding steroid dienone is 22. The molecule has 0 rings (SSSR count). The predicted octanol–water partition coefficient (Wildman–Crippen LogP) is 24.1. The zero-order valence-electron chi connectivity index (χ0n) is 54.2. The van der Waals surface area contributed by atoms with Crippen LogP contribution in [0.1, 0.15) is 316 Å². The lowest BCUT2D eigenvalue weighted by Crippen LogP contribution is -2.30. The zero-order chi connectivity index (χ0) is 59.9. The number of esters is 3. The van der Waals surface area contributed by atoms with Gasteiger partial charge in [0.1, 0.15) is 13.2 Å².